The number of rotatable bonds is 4. The normalized spacial score (nSPS) is 10.7. The quantitative estimate of drug-likeness (QED) is 0.740. The van der Waals surface area contributed by atoms with Crippen LogP contribution in [0.15, 0.2) is 35.7 Å². The Balaban J connectivity index is 1.90. The molecule has 5 nitrogen and oxygen atoms in total. The number of fused-ring (bicyclic) bond motifs is 1. The van der Waals surface area contributed by atoms with Crippen molar-refractivity contribution >= 4 is 28.1 Å². The van der Waals surface area contributed by atoms with Crippen molar-refractivity contribution < 1.29 is 4.79 Å². The second-order valence-corrected chi connectivity index (χ2v) is 6.18. The Kier molecular flexibility index (Phi) is 4.13. The number of aryl methyl sites for hydroxylation is 1. The number of aromatic nitrogens is 2. The van der Waals surface area contributed by atoms with Gasteiger partial charge in [0.2, 0.25) is 0 Å². The van der Waals surface area contributed by atoms with Gasteiger partial charge in [0.05, 0.1) is 18.2 Å². The molecule has 0 unspecified atom stereocenters. The Morgan fingerprint density at radius 2 is 2.22 bits per heavy atom. The van der Waals surface area contributed by atoms with Gasteiger partial charge in [-0.05, 0) is 12.1 Å². The van der Waals surface area contributed by atoms with Crippen LogP contribution in [0.25, 0.3) is 21.6 Å². The van der Waals surface area contributed by atoms with Crippen LogP contribution < -0.4 is 0 Å². The molecule has 0 saturated heterocycles. The molecular weight excluding hydrogens is 308 g/mol. The number of carbonyl (C=O) groups excluding carboxylic acids is 1. The highest BCUT2D eigenvalue weighted by Gasteiger charge is 2.17. The fourth-order valence-corrected chi connectivity index (χ4v) is 3.34. The van der Waals surface area contributed by atoms with Crippen molar-refractivity contribution in [2.75, 3.05) is 13.6 Å². The zero-order valence-electron chi connectivity index (χ0n) is 13.0. The molecule has 0 radical (unpaired) electrons. The standard InChI is InChI=1S/C17H16N4OS/c1-20(9-5-8-18)17(22)13-11-23-16(19-13)15-10-12-6-3-4-7-14(12)21(15)2/h3-4,6-7,10-11H,5,9H2,1-2H3. The lowest BCUT2D eigenvalue weighted by atomic mass is 10.2. The molecule has 3 aromatic rings. The van der Waals surface area contributed by atoms with Gasteiger partial charge in [-0.15, -0.1) is 11.3 Å². The minimum absolute atomic E-state index is 0.151. The average molecular weight is 324 g/mol. The van der Waals surface area contributed by atoms with Crippen molar-refractivity contribution in [1.82, 2.24) is 14.5 Å². The first kappa shape index (κ1) is 15.3. The summed E-state index contributed by atoms with van der Waals surface area (Å²) in [6.07, 6.45) is 0.322. The summed E-state index contributed by atoms with van der Waals surface area (Å²) in [5, 5.41) is 12.4. The predicted molar refractivity (Wildman–Crippen MR) is 91.2 cm³/mol. The molecule has 0 N–H and O–H groups in total. The van der Waals surface area contributed by atoms with Crippen molar-refractivity contribution in [2.24, 2.45) is 7.05 Å². The summed E-state index contributed by atoms with van der Waals surface area (Å²) in [6, 6.07) is 12.3. The Morgan fingerprint density at radius 3 is 2.96 bits per heavy atom. The maximum Gasteiger partial charge on any atom is 0.273 e. The maximum absolute atomic E-state index is 12.3. The van der Waals surface area contributed by atoms with Gasteiger partial charge in [0.25, 0.3) is 5.91 Å². The van der Waals surface area contributed by atoms with Crippen LogP contribution in [0.2, 0.25) is 0 Å². The number of para-hydroxylation sites is 1. The highest BCUT2D eigenvalue weighted by molar-refractivity contribution is 7.13. The summed E-state index contributed by atoms with van der Waals surface area (Å²) in [5.74, 6) is -0.151. The lowest BCUT2D eigenvalue weighted by Gasteiger charge is -2.13. The van der Waals surface area contributed by atoms with Crippen molar-refractivity contribution in [1.29, 1.82) is 5.26 Å². The van der Waals surface area contributed by atoms with E-state index >= 15 is 0 Å². The van der Waals surface area contributed by atoms with E-state index in [0.717, 1.165) is 21.6 Å². The molecule has 6 heteroatoms. The number of hydrogen-bond acceptors (Lipinski definition) is 4. The number of nitriles is 1. The van der Waals surface area contributed by atoms with Crippen molar-refractivity contribution in [3.8, 4) is 16.8 Å². The van der Waals surface area contributed by atoms with Gasteiger partial charge in [0.1, 0.15) is 10.7 Å². The van der Waals surface area contributed by atoms with E-state index in [4.69, 9.17) is 5.26 Å². The first-order chi connectivity index (χ1) is 11.1. The summed E-state index contributed by atoms with van der Waals surface area (Å²) in [4.78, 5) is 18.3. The lowest BCUT2D eigenvalue weighted by Crippen LogP contribution is -2.27. The Hall–Kier alpha value is -2.65. The van der Waals surface area contributed by atoms with Crippen LogP contribution in [0.4, 0.5) is 0 Å². The van der Waals surface area contributed by atoms with Gasteiger partial charge in [0, 0.05) is 36.9 Å². The van der Waals surface area contributed by atoms with Crippen LogP contribution in [-0.4, -0.2) is 34.0 Å². The lowest BCUT2D eigenvalue weighted by molar-refractivity contribution is 0.0793. The van der Waals surface area contributed by atoms with Crippen LogP contribution in [0.1, 0.15) is 16.9 Å². The summed E-state index contributed by atoms with van der Waals surface area (Å²) < 4.78 is 2.09. The van der Waals surface area contributed by atoms with Crippen LogP contribution >= 0.6 is 11.3 Å². The van der Waals surface area contributed by atoms with Gasteiger partial charge in [-0.2, -0.15) is 5.26 Å². The second kappa shape index (κ2) is 6.23. The molecule has 0 spiro atoms. The van der Waals surface area contributed by atoms with Crippen molar-refractivity contribution in [3.05, 3.63) is 41.4 Å². The molecule has 2 heterocycles. The molecular formula is C17H16N4OS. The SMILES string of the molecule is CN(CCC#N)C(=O)c1csc(-c2cc3ccccc3n2C)n1. The Morgan fingerprint density at radius 1 is 1.43 bits per heavy atom. The molecule has 0 saturated carbocycles. The smallest absolute Gasteiger partial charge is 0.273 e. The molecule has 3 rings (SSSR count). The second-order valence-electron chi connectivity index (χ2n) is 5.32. The molecule has 0 fully saturated rings. The van der Waals surface area contributed by atoms with Crippen molar-refractivity contribution in [2.45, 2.75) is 6.42 Å². The molecule has 23 heavy (non-hydrogen) atoms. The molecule has 2 aromatic heterocycles. The van der Waals surface area contributed by atoms with Crippen LogP contribution in [0.5, 0.6) is 0 Å². The van der Waals surface area contributed by atoms with E-state index < -0.39 is 0 Å². The Bertz CT molecular complexity index is 903. The van der Waals surface area contributed by atoms with E-state index in [0.29, 0.717) is 18.7 Å². The summed E-state index contributed by atoms with van der Waals surface area (Å²) >= 11 is 1.46. The monoisotopic (exact) mass is 324 g/mol. The minimum Gasteiger partial charge on any atom is -0.342 e. The zero-order valence-corrected chi connectivity index (χ0v) is 13.8. The summed E-state index contributed by atoms with van der Waals surface area (Å²) in [5.41, 5.74) is 2.56. The van der Waals surface area contributed by atoms with Gasteiger partial charge in [0.15, 0.2) is 0 Å². The largest absolute Gasteiger partial charge is 0.342 e. The molecule has 116 valence electrons. The number of carbonyl (C=O) groups is 1. The van der Waals surface area contributed by atoms with Gasteiger partial charge >= 0.3 is 0 Å². The third-order valence-corrected chi connectivity index (χ3v) is 4.66. The molecule has 0 bridgehead atoms. The minimum atomic E-state index is -0.151. The van der Waals surface area contributed by atoms with Crippen molar-refractivity contribution in [3.63, 3.8) is 0 Å². The molecule has 1 aromatic carbocycles. The fraction of sp³-hybridized carbons (Fsp3) is 0.235. The third kappa shape index (κ3) is 2.83. The number of nitrogens with zero attached hydrogens (tertiary/aromatic N) is 4. The topological polar surface area (TPSA) is 61.9 Å². The zero-order chi connectivity index (χ0) is 16.4. The van der Waals surface area contributed by atoms with Crippen LogP contribution in [-0.2, 0) is 7.05 Å². The molecule has 0 aliphatic carbocycles. The first-order valence-corrected chi connectivity index (χ1v) is 8.12. The first-order valence-electron chi connectivity index (χ1n) is 7.24. The molecule has 0 atom stereocenters. The molecule has 1 amide bonds. The molecule has 0 aliphatic rings. The Labute approximate surface area is 138 Å². The van der Waals surface area contributed by atoms with Gasteiger partial charge < -0.3 is 9.47 Å². The summed E-state index contributed by atoms with van der Waals surface area (Å²) in [6.45, 7) is 0.413. The van der Waals surface area contributed by atoms with E-state index in [-0.39, 0.29) is 5.91 Å². The highest BCUT2D eigenvalue weighted by Crippen LogP contribution is 2.29. The van der Waals surface area contributed by atoms with E-state index in [2.05, 4.69) is 27.8 Å². The number of thiazole rings is 1. The van der Waals surface area contributed by atoms with E-state index in [1.54, 1.807) is 12.4 Å². The van der Waals surface area contributed by atoms with Gasteiger partial charge in [-0.3, -0.25) is 4.79 Å². The van der Waals surface area contributed by atoms with E-state index in [1.807, 2.05) is 25.2 Å². The fourth-order valence-electron chi connectivity index (χ4n) is 2.50. The number of benzene rings is 1. The number of hydrogen-bond donors (Lipinski definition) is 0. The predicted octanol–water partition coefficient (Wildman–Crippen LogP) is 3.29. The van der Waals surface area contributed by atoms with Gasteiger partial charge in [-0.1, -0.05) is 18.2 Å². The average Bonchev–Trinajstić information content (AvgIpc) is 3.17. The molecule has 0 aliphatic heterocycles. The van der Waals surface area contributed by atoms with E-state index in [9.17, 15) is 4.79 Å². The van der Waals surface area contributed by atoms with Crippen LogP contribution in [0.3, 0.4) is 0 Å². The van der Waals surface area contributed by atoms with Gasteiger partial charge in [-0.25, -0.2) is 4.98 Å². The van der Waals surface area contributed by atoms with Crippen LogP contribution in [0, 0.1) is 11.3 Å². The number of amides is 1. The van der Waals surface area contributed by atoms with E-state index in [1.165, 1.54) is 16.2 Å². The highest BCUT2D eigenvalue weighted by atomic mass is 32.1. The summed E-state index contributed by atoms with van der Waals surface area (Å²) in [7, 11) is 3.69. The third-order valence-electron chi connectivity index (χ3n) is 3.80. The maximum atomic E-state index is 12.3.